The van der Waals surface area contributed by atoms with Crippen LogP contribution in [0.1, 0.15) is 37.7 Å². The minimum absolute atomic E-state index is 0.243. The van der Waals surface area contributed by atoms with Gasteiger partial charge in [0.1, 0.15) is 0 Å². The van der Waals surface area contributed by atoms with E-state index in [-0.39, 0.29) is 12.4 Å². The largest absolute Gasteiger partial charge is 0.493 e. The van der Waals surface area contributed by atoms with Gasteiger partial charge in [-0.05, 0) is 56.2 Å². The van der Waals surface area contributed by atoms with Crippen molar-refractivity contribution < 1.29 is 28.2 Å². The van der Waals surface area contributed by atoms with Crippen molar-refractivity contribution in [2.45, 2.75) is 26.8 Å². The number of Topliss-reactive ketones (excluding diaryl/α,β-unsaturated/α-hetero) is 1. The molecule has 0 aliphatic rings. The predicted octanol–water partition coefficient (Wildman–Crippen LogP) is 5.06. The Morgan fingerprint density at radius 1 is 0.972 bits per heavy atom. The summed E-state index contributed by atoms with van der Waals surface area (Å²) in [5.74, 6) is 1.16. The first-order valence-corrected chi connectivity index (χ1v) is 11.5. The third-order valence-corrected chi connectivity index (χ3v) is 6.12. The van der Waals surface area contributed by atoms with E-state index in [1.54, 1.807) is 44.7 Å². The molecule has 4 aromatic rings. The highest BCUT2D eigenvalue weighted by Gasteiger charge is 2.18. The summed E-state index contributed by atoms with van der Waals surface area (Å²) in [4.78, 5) is 29.2. The highest BCUT2D eigenvalue weighted by molar-refractivity contribution is 6.00. The number of nitrogens with zero attached hydrogens (tertiary/aromatic N) is 2. The fourth-order valence-electron chi connectivity index (χ4n) is 4.13. The number of ether oxygens (including phenoxy) is 3. The monoisotopic (exact) mass is 488 g/mol. The van der Waals surface area contributed by atoms with Gasteiger partial charge in [0, 0.05) is 29.1 Å². The molecule has 2 aromatic carbocycles. The van der Waals surface area contributed by atoms with E-state index < -0.39 is 5.97 Å². The molecule has 2 aromatic heterocycles. The van der Waals surface area contributed by atoms with Crippen LogP contribution in [0.4, 0.5) is 0 Å². The van der Waals surface area contributed by atoms with Crippen LogP contribution in [0.2, 0.25) is 0 Å². The molecular weight excluding hydrogens is 460 g/mol. The molecule has 0 N–H and O–H groups in total. The van der Waals surface area contributed by atoms with Gasteiger partial charge in [-0.3, -0.25) is 4.79 Å². The average molecular weight is 489 g/mol. The number of aromatic nitrogens is 2. The summed E-state index contributed by atoms with van der Waals surface area (Å²) in [6, 6.07) is 14.4. The number of hydrogen-bond donors (Lipinski definition) is 0. The maximum absolute atomic E-state index is 12.9. The van der Waals surface area contributed by atoms with E-state index in [9.17, 15) is 9.59 Å². The zero-order chi connectivity index (χ0) is 25.7. The van der Waals surface area contributed by atoms with Gasteiger partial charge in [0.25, 0.3) is 0 Å². The molecule has 4 rings (SSSR count). The number of esters is 1. The second kappa shape index (κ2) is 10.9. The van der Waals surface area contributed by atoms with Crippen molar-refractivity contribution in [1.29, 1.82) is 0 Å². The van der Waals surface area contributed by atoms with Crippen molar-refractivity contribution in [1.82, 2.24) is 9.55 Å². The third-order valence-electron chi connectivity index (χ3n) is 6.12. The topological polar surface area (TPSA) is 92.8 Å². The molecule has 0 aliphatic heterocycles. The molecule has 0 aliphatic carbocycles. The standard InChI is InChI=1S/C28H28N2O6/c1-18-13-23(19(2)30(18)12-11-20-5-10-25(33-3)26(14-20)34-4)24(31)16-35-28(32)22-8-6-21(7-9-22)27-15-29-17-36-27/h5-10,13-15,17H,11-12,16H2,1-4H3. The van der Waals surface area contributed by atoms with Crippen molar-refractivity contribution in [3.8, 4) is 22.8 Å². The first-order chi connectivity index (χ1) is 17.4. The Labute approximate surface area is 209 Å². The minimum atomic E-state index is -0.560. The lowest BCUT2D eigenvalue weighted by atomic mass is 10.1. The molecule has 2 heterocycles. The number of ketones is 1. The Morgan fingerprint density at radius 3 is 2.39 bits per heavy atom. The molecule has 0 saturated heterocycles. The number of oxazole rings is 1. The molecule has 186 valence electrons. The number of carbonyl (C=O) groups is 2. The van der Waals surface area contributed by atoms with Gasteiger partial charge in [-0.2, -0.15) is 0 Å². The van der Waals surface area contributed by atoms with Crippen LogP contribution in [0, 0.1) is 13.8 Å². The third kappa shape index (κ3) is 5.33. The molecule has 0 fully saturated rings. The van der Waals surface area contributed by atoms with Crippen LogP contribution in [0.3, 0.4) is 0 Å². The summed E-state index contributed by atoms with van der Waals surface area (Å²) in [5, 5.41) is 0. The molecule has 0 bridgehead atoms. The van der Waals surface area contributed by atoms with Crippen LogP contribution >= 0.6 is 0 Å². The Balaban J connectivity index is 1.37. The van der Waals surface area contributed by atoms with Crippen molar-refractivity contribution in [3.05, 3.63) is 89.2 Å². The molecule has 8 nitrogen and oxygen atoms in total. The molecule has 0 atom stereocenters. The first kappa shape index (κ1) is 24.8. The van der Waals surface area contributed by atoms with Gasteiger partial charge in [-0.25, -0.2) is 9.78 Å². The normalized spacial score (nSPS) is 10.8. The van der Waals surface area contributed by atoms with Crippen LogP contribution in [0.5, 0.6) is 11.5 Å². The molecule has 0 saturated carbocycles. The Bertz CT molecular complexity index is 1350. The molecule has 8 heteroatoms. The SMILES string of the molecule is COc1ccc(CCn2c(C)cc(C(=O)COC(=O)c3ccc(-c4cnco4)cc3)c2C)cc1OC. The number of carbonyl (C=O) groups excluding carboxylic acids is 2. The highest BCUT2D eigenvalue weighted by atomic mass is 16.5. The fraction of sp³-hybridized carbons (Fsp3) is 0.250. The maximum atomic E-state index is 12.9. The molecule has 36 heavy (non-hydrogen) atoms. The minimum Gasteiger partial charge on any atom is -0.493 e. The number of hydrogen-bond acceptors (Lipinski definition) is 7. The average Bonchev–Trinajstić information content (AvgIpc) is 3.54. The van der Waals surface area contributed by atoms with Crippen LogP contribution in [0.25, 0.3) is 11.3 Å². The number of rotatable bonds is 10. The van der Waals surface area contributed by atoms with Crippen molar-refractivity contribution in [2.75, 3.05) is 20.8 Å². The van der Waals surface area contributed by atoms with Gasteiger partial charge in [0.2, 0.25) is 5.78 Å². The lowest BCUT2D eigenvalue weighted by Crippen LogP contribution is -2.15. The number of aryl methyl sites for hydroxylation is 2. The van der Waals surface area contributed by atoms with Crippen LogP contribution in [-0.2, 0) is 17.7 Å². The highest BCUT2D eigenvalue weighted by Crippen LogP contribution is 2.28. The molecule has 0 amide bonds. The predicted molar refractivity (Wildman–Crippen MR) is 134 cm³/mol. The first-order valence-electron chi connectivity index (χ1n) is 11.5. The van der Waals surface area contributed by atoms with E-state index in [2.05, 4.69) is 9.55 Å². The van der Waals surface area contributed by atoms with Gasteiger partial charge in [0.15, 0.2) is 30.3 Å². The Hall–Kier alpha value is -4.33. The summed E-state index contributed by atoms with van der Waals surface area (Å²) in [6.07, 6.45) is 3.69. The molecule has 0 radical (unpaired) electrons. The van der Waals surface area contributed by atoms with Crippen molar-refractivity contribution in [3.63, 3.8) is 0 Å². The quantitative estimate of drug-likeness (QED) is 0.228. The number of methoxy groups -OCH3 is 2. The smallest absolute Gasteiger partial charge is 0.338 e. The van der Waals surface area contributed by atoms with E-state index in [1.165, 1.54) is 6.39 Å². The van der Waals surface area contributed by atoms with Gasteiger partial charge < -0.3 is 23.2 Å². The maximum Gasteiger partial charge on any atom is 0.338 e. The van der Waals surface area contributed by atoms with Gasteiger partial charge in [0.05, 0.1) is 26.0 Å². The molecular formula is C28H28N2O6. The molecule has 0 spiro atoms. The number of benzene rings is 2. The van der Waals surface area contributed by atoms with Gasteiger partial charge in [-0.1, -0.05) is 18.2 Å². The zero-order valence-corrected chi connectivity index (χ0v) is 20.7. The van der Waals surface area contributed by atoms with E-state index in [0.717, 1.165) is 28.9 Å². The van der Waals surface area contributed by atoms with Crippen LogP contribution in [-0.4, -0.2) is 42.1 Å². The van der Waals surface area contributed by atoms with Gasteiger partial charge in [-0.15, -0.1) is 0 Å². The van der Waals surface area contributed by atoms with Crippen LogP contribution in [0.15, 0.2) is 65.5 Å². The van der Waals surface area contributed by atoms with E-state index in [1.807, 2.05) is 38.1 Å². The zero-order valence-electron chi connectivity index (χ0n) is 20.7. The van der Waals surface area contributed by atoms with Crippen molar-refractivity contribution in [2.24, 2.45) is 0 Å². The summed E-state index contributed by atoms with van der Waals surface area (Å²) in [7, 11) is 3.22. The Kier molecular flexibility index (Phi) is 7.53. The van der Waals surface area contributed by atoms with Crippen molar-refractivity contribution >= 4 is 11.8 Å². The fourth-order valence-corrected chi connectivity index (χ4v) is 4.13. The van der Waals surface area contributed by atoms with E-state index in [0.29, 0.717) is 34.9 Å². The second-order valence-corrected chi connectivity index (χ2v) is 8.32. The summed E-state index contributed by atoms with van der Waals surface area (Å²) >= 11 is 0. The van der Waals surface area contributed by atoms with E-state index in [4.69, 9.17) is 18.6 Å². The van der Waals surface area contributed by atoms with E-state index >= 15 is 0 Å². The summed E-state index contributed by atoms with van der Waals surface area (Å²) in [6.45, 7) is 4.22. The lowest BCUT2D eigenvalue weighted by molar-refractivity contribution is 0.0474. The summed E-state index contributed by atoms with van der Waals surface area (Å²) in [5.41, 5.74) is 4.59. The second-order valence-electron chi connectivity index (χ2n) is 8.32. The van der Waals surface area contributed by atoms with Gasteiger partial charge >= 0.3 is 5.97 Å². The summed E-state index contributed by atoms with van der Waals surface area (Å²) < 4.78 is 23.3. The van der Waals surface area contributed by atoms with Crippen LogP contribution < -0.4 is 9.47 Å². The molecule has 0 unspecified atom stereocenters. The lowest BCUT2D eigenvalue weighted by Gasteiger charge is -2.12. The Morgan fingerprint density at radius 2 is 1.72 bits per heavy atom.